The summed E-state index contributed by atoms with van der Waals surface area (Å²) in [6, 6.07) is 7.44. The molecule has 0 spiro atoms. The summed E-state index contributed by atoms with van der Waals surface area (Å²) in [5, 5.41) is 10.9. The highest BCUT2D eigenvalue weighted by molar-refractivity contribution is 5.36. The van der Waals surface area contributed by atoms with Gasteiger partial charge >= 0.3 is 0 Å². The fourth-order valence-corrected chi connectivity index (χ4v) is 3.13. The summed E-state index contributed by atoms with van der Waals surface area (Å²) in [7, 11) is 2.09. The first kappa shape index (κ1) is 14.9. The normalized spacial score (nSPS) is 18.1. The van der Waals surface area contributed by atoms with Crippen LogP contribution in [0.1, 0.15) is 43.7 Å². The Bertz CT molecular complexity index is 458. The van der Waals surface area contributed by atoms with Crippen LogP contribution in [0.15, 0.2) is 24.3 Å². The maximum Gasteiger partial charge on any atom is 0.269 e. The number of nitro groups is 1. The Morgan fingerprint density at radius 1 is 1.40 bits per heavy atom. The molecule has 0 saturated heterocycles. The average molecular weight is 277 g/mol. The van der Waals surface area contributed by atoms with E-state index in [1.165, 1.54) is 38.2 Å². The van der Waals surface area contributed by atoms with Crippen molar-refractivity contribution in [3.05, 3.63) is 39.9 Å². The molecule has 1 aliphatic rings. The molecule has 5 heteroatoms. The van der Waals surface area contributed by atoms with E-state index in [9.17, 15) is 10.1 Å². The Labute approximate surface area is 119 Å². The van der Waals surface area contributed by atoms with E-state index in [0.29, 0.717) is 12.6 Å². The highest BCUT2D eigenvalue weighted by Crippen LogP contribution is 2.29. The molecule has 20 heavy (non-hydrogen) atoms. The van der Waals surface area contributed by atoms with Gasteiger partial charge in [0.15, 0.2) is 0 Å². The van der Waals surface area contributed by atoms with Gasteiger partial charge in [0.25, 0.3) is 5.69 Å². The lowest BCUT2D eigenvalue weighted by atomic mass is 9.92. The van der Waals surface area contributed by atoms with Crippen molar-refractivity contribution < 1.29 is 4.92 Å². The first-order valence-corrected chi connectivity index (χ1v) is 7.30. The van der Waals surface area contributed by atoms with Crippen molar-refractivity contribution in [2.75, 3.05) is 13.6 Å². The van der Waals surface area contributed by atoms with Crippen LogP contribution in [0.25, 0.3) is 0 Å². The van der Waals surface area contributed by atoms with Gasteiger partial charge in [-0.1, -0.05) is 31.4 Å². The summed E-state index contributed by atoms with van der Waals surface area (Å²) in [5.41, 5.74) is 7.00. The molecule has 1 aromatic carbocycles. The second-order valence-electron chi connectivity index (χ2n) is 5.56. The zero-order valence-electron chi connectivity index (χ0n) is 12.0. The lowest BCUT2D eigenvalue weighted by Gasteiger charge is -2.37. The van der Waals surface area contributed by atoms with Crippen molar-refractivity contribution in [3.8, 4) is 0 Å². The lowest BCUT2D eigenvalue weighted by Crippen LogP contribution is -2.39. The molecule has 1 saturated carbocycles. The van der Waals surface area contributed by atoms with E-state index in [0.717, 1.165) is 5.56 Å². The number of benzene rings is 1. The molecule has 2 rings (SSSR count). The van der Waals surface area contributed by atoms with E-state index in [1.54, 1.807) is 12.1 Å². The molecule has 1 unspecified atom stereocenters. The summed E-state index contributed by atoms with van der Waals surface area (Å²) < 4.78 is 0. The fourth-order valence-electron chi connectivity index (χ4n) is 3.13. The number of nitrogens with zero attached hydrogens (tertiary/aromatic N) is 2. The van der Waals surface area contributed by atoms with Gasteiger partial charge in [0, 0.05) is 30.8 Å². The van der Waals surface area contributed by atoms with Crippen molar-refractivity contribution in [2.24, 2.45) is 5.73 Å². The number of rotatable bonds is 5. The van der Waals surface area contributed by atoms with E-state index >= 15 is 0 Å². The third kappa shape index (κ3) is 3.35. The predicted octanol–water partition coefficient (Wildman–Crippen LogP) is 2.86. The van der Waals surface area contributed by atoms with Crippen molar-refractivity contribution >= 4 is 5.69 Å². The van der Waals surface area contributed by atoms with Gasteiger partial charge in [0.1, 0.15) is 0 Å². The lowest BCUT2D eigenvalue weighted by molar-refractivity contribution is -0.385. The van der Waals surface area contributed by atoms with E-state index in [1.807, 2.05) is 6.07 Å². The molecule has 0 radical (unpaired) electrons. The Hall–Kier alpha value is -1.46. The minimum atomic E-state index is -0.350. The molecular formula is C15H23N3O2. The third-order valence-corrected chi connectivity index (χ3v) is 4.33. The number of hydrogen-bond donors (Lipinski definition) is 1. The van der Waals surface area contributed by atoms with E-state index in [2.05, 4.69) is 11.9 Å². The number of non-ortho nitro benzene ring substituents is 1. The second-order valence-corrected chi connectivity index (χ2v) is 5.56. The topological polar surface area (TPSA) is 72.4 Å². The maximum atomic E-state index is 10.9. The number of nitro benzene ring substituents is 1. The molecule has 2 N–H and O–H groups in total. The highest BCUT2D eigenvalue weighted by atomic mass is 16.6. The van der Waals surface area contributed by atoms with Crippen molar-refractivity contribution in [2.45, 2.75) is 44.2 Å². The molecule has 0 aromatic heterocycles. The molecule has 1 aliphatic carbocycles. The van der Waals surface area contributed by atoms with Crippen LogP contribution in [0.5, 0.6) is 0 Å². The van der Waals surface area contributed by atoms with Gasteiger partial charge < -0.3 is 5.73 Å². The van der Waals surface area contributed by atoms with Gasteiger partial charge in [-0.2, -0.15) is 0 Å². The van der Waals surface area contributed by atoms with Crippen molar-refractivity contribution in [3.63, 3.8) is 0 Å². The summed E-state index contributed by atoms with van der Waals surface area (Å²) in [6.45, 7) is 0.480. The van der Waals surface area contributed by atoms with Crippen molar-refractivity contribution in [1.82, 2.24) is 4.90 Å². The van der Waals surface area contributed by atoms with Gasteiger partial charge in [0.2, 0.25) is 0 Å². The first-order valence-electron chi connectivity index (χ1n) is 7.30. The predicted molar refractivity (Wildman–Crippen MR) is 79.5 cm³/mol. The Balaban J connectivity index is 2.18. The van der Waals surface area contributed by atoms with E-state index in [-0.39, 0.29) is 16.7 Å². The van der Waals surface area contributed by atoms with Crippen LogP contribution in [-0.2, 0) is 0 Å². The quantitative estimate of drug-likeness (QED) is 0.663. The van der Waals surface area contributed by atoms with Crippen LogP contribution in [0.2, 0.25) is 0 Å². The maximum absolute atomic E-state index is 10.9. The van der Waals surface area contributed by atoms with E-state index < -0.39 is 0 Å². The first-order chi connectivity index (χ1) is 9.63. The molecule has 1 aromatic rings. The molecule has 1 fully saturated rings. The Morgan fingerprint density at radius 2 is 2.10 bits per heavy atom. The molecule has 110 valence electrons. The number of hydrogen-bond acceptors (Lipinski definition) is 4. The van der Waals surface area contributed by atoms with Gasteiger partial charge in [0.05, 0.1) is 4.92 Å². The zero-order valence-corrected chi connectivity index (χ0v) is 12.0. The highest BCUT2D eigenvalue weighted by Gasteiger charge is 2.25. The largest absolute Gasteiger partial charge is 0.329 e. The summed E-state index contributed by atoms with van der Waals surface area (Å²) in [4.78, 5) is 12.9. The zero-order chi connectivity index (χ0) is 14.5. The van der Waals surface area contributed by atoms with Crippen LogP contribution in [0.4, 0.5) is 5.69 Å². The standard InChI is InChI=1S/C15H23N3O2/c1-17(13-7-3-2-4-8-13)15(11-16)12-6-5-9-14(10-12)18(19)20/h5-6,9-10,13,15H,2-4,7-8,11,16H2,1H3. The minimum absolute atomic E-state index is 0.0537. The molecule has 0 aliphatic heterocycles. The monoisotopic (exact) mass is 277 g/mol. The Kier molecular flexibility index (Phi) is 5.09. The van der Waals surface area contributed by atoms with Crippen molar-refractivity contribution in [1.29, 1.82) is 0 Å². The molecule has 0 heterocycles. The molecule has 0 bridgehead atoms. The Morgan fingerprint density at radius 3 is 2.70 bits per heavy atom. The molecule has 1 atom stereocenters. The van der Waals surface area contributed by atoms with Gasteiger partial charge in [-0.3, -0.25) is 15.0 Å². The second kappa shape index (κ2) is 6.81. The number of likely N-dealkylation sites (N-methyl/N-ethyl adjacent to an activating group) is 1. The van der Waals surface area contributed by atoms with Crippen LogP contribution in [-0.4, -0.2) is 29.5 Å². The summed E-state index contributed by atoms with van der Waals surface area (Å²) >= 11 is 0. The van der Waals surface area contributed by atoms with Crippen LogP contribution >= 0.6 is 0 Å². The average Bonchev–Trinajstić information content (AvgIpc) is 2.49. The molecule has 5 nitrogen and oxygen atoms in total. The SMILES string of the molecule is CN(C1CCCCC1)C(CN)c1cccc([N+](=O)[O-])c1. The van der Waals surface area contributed by atoms with E-state index in [4.69, 9.17) is 5.73 Å². The molecule has 0 amide bonds. The fraction of sp³-hybridized carbons (Fsp3) is 0.600. The van der Waals surface area contributed by atoms with Crippen LogP contribution in [0, 0.1) is 10.1 Å². The third-order valence-electron chi connectivity index (χ3n) is 4.33. The van der Waals surface area contributed by atoms with Crippen LogP contribution < -0.4 is 5.73 Å². The number of nitrogens with two attached hydrogens (primary N) is 1. The summed E-state index contributed by atoms with van der Waals surface area (Å²) in [6.07, 6.45) is 6.24. The van der Waals surface area contributed by atoms with Crippen LogP contribution in [0.3, 0.4) is 0 Å². The van der Waals surface area contributed by atoms with Gasteiger partial charge in [-0.25, -0.2) is 0 Å². The molecular weight excluding hydrogens is 254 g/mol. The van der Waals surface area contributed by atoms with Gasteiger partial charge in [-0.05, 0) is 25.5 Å². The smallest absolute Gasteiger partial charge is 0.269 e. The van der Waals surface area contributed by atoms with Gasteiger partial charge in [-0.15, -0.1) is 0 Å². The summed E-state index contributed by atoms with van der Waals surface area (Å²) in [5.74, 6) is 0. The minimum Gasteiger partial charge on any atom is -0.329 e.